The van der Waals surface area contributed by atoms with Gasteiger partial charge in [0.25, 0.3) is 5.91 Å². The number of amides is 1. The van der Waals surface area contributed by atoms with Gasteiger partial charge >= 0.3 is 6.18 Å². The van der Waals surface area contributed by atoms with Crippen LogP contribution in [0, 0.1) is 0 Å². The highest BCUT2D eigenvalue weighted by atomic mass is 32.2. The molecule has 3 rings (SSSR count). The summed E-state index contributed by atoms with van der Waals surface area (Å²) in [6.07, 6.45) is -0.454. The van der Waals surface area contributed by atoms with Gasteiger partial charge in [0.15, 0.2) is 0 Å². The molecule has 1 aliphatic rings. The lowest BCUT2D eigenvalue weighted by atomic mass is 10.1. The van der Waals surface area contributed by atoms with E-state index in [2.05, 4.69) is 10.0 Å². The maximum Gasteiger partial charge on any atom is 0.416 e. The van der Waals surface area contributed by atoms with Crippen LogP contribution in [0.15, 0.2) is 42.5 Å². The van der Waals surface area contributed by atoms with Crippen LogP contribution in [-0.4, -0.2) is 38.6 Å². The molecule has 2 aromatic rings. The second kappa shape index (κ2) is 9.91. The van der Waals surface area contributed by atoms with E-state index >= 15 is 0 Å². The third kappa shape index (κ3) is 6.96. The van der Waals surface area contributed by atoms with Crippen LogP contribution in [0.5, 0.6) is 0 Å². The van der Waals surface area contributed by atoms with Crippen LogP contribution in [0.3, 0.4) is 0 Å². The Labute approximate surface area is 185 Å². The van der Waals surface area contributed by atoms with Crippen LogP contribution in [-0.2, 0) is 29.3 Å². The number of halogens is 3. The highest BCUT2D eigenvalue weighted by Gasteiger charge is 2.30. The number of nitrogens with one attached hydrogen (secondary N) is 2. The molecule has 1 heterocycles. The van der Waals surface area contributed by atoms with E-state index in [0.717, 1.165) is 37.7 Å². The monoisotopic (exact) mass is 469 g/mol. The second-order valence-corrected chi connectivity index (χ2v) is 9.70. The molecule has 0 spiro atoms. The van der Waals surface area contributed by atoms with Gasteiger partial charge in [0.05, 0.1) is 11.8 Å². The summed E-state index contributed by atoms with van der Waals surface area (Å²) in [5.74, 6) is -0.166. The summed E-state index contributed by atoms with van der Waals surface area (Å²) in [4.78, 5) is 14.7. The average molecular weight is 470 g/mol. The Kier molecular flexibility index (Phi) is 7.45. The van der Waals surface area contributed by atoms with Gasteiger partial charge in [-0.25, -0.2) is 8.42 Å². The molecule has 2 aromatic carbocycles. The zero-order valence-electron chi connectivity index (χ0n) is 17.7. The third-order valence-corrected chi connectivity index (χ3v) is 5.71. The van der Waals surface area contributed by atoms with Crippen molar-refractivity contribution in [2.75, 3.05) is 24.1 Å². The van der Waals surface area contributed by atoms with E-state index in [-0.39, 0.29) is 24.7 Å². The van der Waals surface area contributed by atoms with Crippen molar-refractivity contribution in [1.29, 1.82) is 0 Å². The zero-order chi connectivity index (χ0) is 23.4. The van der Waals surface area contributed by atoms with Gasteiger partial charge < -0.3 is 10.2 Å². The first kappa shape index (κ1) is 24.1. The van der Waals surface area contributed by atoms with Crippen LogP contribution in [0.25, 0.3) is 0 Å². The predicted molar refractivity (Wildman–Crippen MR) is 117 cm³/mol. The Bertz CT molecular complexity index is 1070. The van der Waals surface area contributed by atoms with Gasteiger partial charge in [-0.15, -0.1) is 0 Å². The Morgan fingerprint density at radius 2 is 1.69 bits per heavy atom. The van der Waals surface area contributed by atoms with Gasteiger partial charge in [0.1, 0.15) is 0 Å². The number of piperidine rings is 1. The lowest BCUT2D eigenvalue weighted by molar-refractivity contribution is -0.137. The summed E-state index contributed by atoms with van der Waals surface area (Å²) in [6, 6.07) is 9.84. The van der Waals surface area contributed by atoms with Crippen molar-refractivity contribution in [2.24, 2.45) is 0 Å². The molecular formula is C22H26F3N3O3S. The molecule has 174 valence electrons. The van der Waals surface area contributed by atoms with E-state index < -0.39 is 21.8 Å². The normalized spacial score (nSPS) is 14.9. The van der Waals surface area contributed by atoms with Gasteiger partial charge in [-0.1, -0.05) is 18.2 Å². The molecule has 10 heteroatoms. The number of anilines is 1. The highest BCUT2D eigenvalue weighted by Crippen LogP contribution is 2.29. The summed E-state index contributed by atoms with van der Waals surface area (Å²) in [5.41, 5.74) is 1.04. The van der Waals surface area contributed by atoms with E-state index in [1.807, 2.05) is 0 Å². The Balaban J connectivity index is 1.76. The lowest BCUT2D eigenvalue weighted by Crippen LogP contribution is -2.35. The molecule has 6 nitrogen and oxygen atoms in total. The second-order valence-electron chi connectivity index (χ2n) is 7.95. The topological polar surface area (TPSA) is 78.5 Å². The maximum absolute atomic E-state index is 12.9. The number of carbonyl (C=O) groups excluding carboxylic acids is 1. The molecule has 0 atom stereocenters. The number of nitrogens with zero attached hydrogens (tertiary/aromatic N) is 1. The molecule has 1 saturated heterocycles. The van der Waals surface area contributed by atoms with Crippen molar-refractivity contribution in [3.63, 3.8) is 0 Å². The van der Waals surface area contributed by atoms with Gasteiger partial charge in [-0.2, -0.15) is 13.2 Å². The molecule has 0 radical (unpaired) electrons. The minimum atomic E-state index is -4.41. The van der Waals surface area contributed by atoms with Gasteiger partial charge in [-0.05, 0) is 54.7 Å². The smallest absolute Gasteiger partial charge is 0.339 e. The minimum Gasteiger partial charge on any atom is -0.339 e. The molecule has 1 fully saturated rings. The van der Waals surface area contributed by atoms with Gasteiger partial charge in [-0.3, -0.25) is 9.52 Å². The Hall–Kier alpha value is -2.59. The van der Waals surface area contributed by atoms with Crippen LogP contribution in [0.1, 0.15) is 46.3 Å². The first-order valence-corrected chi connectivity index (χ1v) is 12.2. The Morgan fingerprint density at radius 1 is 1.00 bits per heavy atom. The number of hydrogen-bond acceptors (Lipinski definition) is 4. The first-order valence-electron chi connectivity index (χ1n) is 10.3. The number of rotatable bonds is 7. The molecule has 1 aliphatic heterocycles. The Morgan fingerprint density at radius 3 is 2.34 bits per heavy atom. The number of likely N-dealkylation sites (tertiary alicyclic amines) is 1. The summed E-state index contributed by atoms with van der Waals surface area (Å²) < 4.78 is 64.5. The summed E-state index contributed by atoms with van der Waals surface area (Å²) >= 11 is 0. The molecule has 0 unspecified atom stereocenters. The fraction of sp³-hybridized carbons (Fsp3) is 0.409. The first-order chi connectivity index (χ1) is 15.0. The molecule has 2 N–H and O–H groups in total. The van der Waals surface area contributed by atoms with Crippen molar-refractivity contribution >= 4 is 21.6 Å². The quantitative estimate of drug-likeness (QED) is 0.643. The number of alkyl halides is 3. The van der Waals surface area contributed by atoms with Crippen LogP contribution in [0.2, 0.25) is 0 Å². The molecule has 32 heavy (non-hydrogen) atoms. The van der Waals surface area contributed by atoms with Crippen molar-refractivity contribution in [3.8, 4) is 0 Å². The number of sulfonamides is 1. The highest BCUT2D eigenvalue weighted by molar-refractivity contribution is 7.92. The van der Waals surface area contributed by atoms with Gasteiger partial charge in [0.2, 0.25) is 10.0 Å². The SMILES string of the molecule is CS(=O)(=O)Nc1cc(CNCc2cccc(C(F)(F)F)c2)cc(C(=O)N2CCCCC2)c1. The predicted octanol–water partition coefficient (Wildman–Crippen LogP) is 3.99. The van der Waals surface area contributed by atoms with E-state index in [1.165, 1.54) is 12.1 Å². The van der Waals surface area contributed by atoms with E-state index in [9.17, 15) is 26.4 Å². The van der Waals surface area contributed by atoms with Crippen molar-refractivity contribution < 1.29 is 26.4 Å². The van der Waals surface area contributed by atoms with Crippen molar-refractivity contribution in [1.82, 2.24) is 10.2 Å². The van der Waals surface area contributed by atoms with Crippen molar-refractivity contribution in [2.45, 2.75) is 38.5 Å². The molecule has 0 aromatic heterocycles. The fourth-order valence-corrected chi connectivity index (χ4v) is 4.22. The van der Waals surface area contributed by atoms with E-state index in [1.54, 1.807) is 23.1 Å². The number of hydrogen-bond donors (Lipinski definition) is 2. The zero-order valence-corrected chi connectivity index (χ0v) is 18.5. The molecule has 0 bridgehead atoms. The van der Waals surface area contributed by atoms with Crippen LogP contribution in [0.4, 0.5) is 18.9 Å². The van der Waals surface area contributed by atoms with E-state index in [0.29, 0.717) is 29.8 Å². The van der Waals surface area contributed by atoms with Crippen LogP contribution < -0.4 is 10.0 Å². The van der Waals surface area contributed by atoms with Crippen LogP contribution >= 0.6 is 0 Å². The fourth-order valence-electron chi connectivity index (χ4n) is 3.68. The molecular weight excluding hydrogens is 443 g/mol. The maximum atomic E-state index is 12.9. The largest absolute Gasteiger partial charge is 0.416 e. The minimum absolute atomic E-state index is 0.166. The summed E-state index contributed by atoms with van der Waals surface area (Å²) in [5, 5.41) is 3.06. The molecule has 0 aliphatic carbocycles. The summed E-state index contributed by atoms with van der Waals surface area (Å²) in [6.45, 7) is 1.75. The number of benzene rings is 2. The van der Waals surface area contributed by atoms with Gasteiger partial charge in [0, 0.05) is 37.4 Å². The average Bonchev–Trinajstić information content (AvgIpc) is 2.72. The molecule has 1 amide bonds. The molecule has 0 saturated carbocycles. The van der Waals surface area contributed by atoms with Crippen molar-refractivity contribution in [3.05, 3.63) is 64.7 Å². The third-order valence-electron chi connectivity index (χ3n) is 5.10. The summed E-state index contributed by atoms with van der Waals surface area (Å²) in [7, 11) is -3.55. The standard InChI is InChI=1S/C22H26F3N3O3S/c1-32(30,31)27-20-12-17(10-18(13-20)21(29)28-8-3-2-4-9-28)15-26-14-16-6-5-7-19(11-16)22(23,24)25/h5-7,10-13,26-27H,2-4,8-9,14-15H2,1H3. The number of carbonyl (C=O) groups is 1. The lowest BCUT2D eigenvalue weighted by Gasteiger charge is -2.27. The van der Waals surface area contributed by atoms with E-state index in [4.69, 9.17) is 0 Å².